The van der Waals surface area contributed by atoms with Gasteiger partial charge in [-0.05, 0) is 25.3 Å². The van der Waals surface area contributed by atoms with E-state index >= 15 is 0 Å². The monoisotopic (exact) mass is 343 g/mol. The van der Waals surface area contributed by atoms with E-state index in [4.69, 9.17) is 0 Å². The zero-order valence-electron chi connectivity index (χ0n) is 15.3. The number of anilines is 1. The molecule has 0 spiro atoms. The molecule has 1 aromatic rings. The zero-order chi connectivity index (χ0) is 18.1. The summed E-state index contributed by atoms with van der Waals surface area (Å²) < 4.78 is 0. The summed E-state index contributed by atoms with van der Waals surface area (Å²) in [6, 6.07) is 7.59. The minimum atomic E-state index is -0.159. The molecule has 25 heavy (non-hydrogen) atoms. The molecule has 5 nitrogen and oxygen atoms in total. The molecular weight excluding hydrogens is 314 g/mol. The van der Waals surface area contributed by atoms with E-state index in [2.05, 4.69) is 22.5 Å². The molecule has 136 valence electrons. The van der Waals surface area contributed by atoms with Crippen LogP contribution >= 0.6 is 0 Å². The summed E-state index contributed by atoms with van der Waals surface area (Å²) in [6.45, 7) is 4.17. The molecule has 1 aliphatic carbocycles. The SMILES string of the molecule is CCCCN=C(C(=O)NC1CCCCC1)c1ccccc1NC(C)=O. The third-order valence-electron chi connectivity index (χ3n) is 4.43. The molecule has 0 aliphatic heterocycles. The van der Waals surface area contributed by atoms with E-state index < -0.39 is 0 Å². The molecule has 5 heteroatoms. The molecule has 1 aromatic carbocycles. The van der Waals surface area contributed by atoms with Gasteiger partial charge in [0.25, 0.3) is 5.91 Å². The van der Waals surface area contributed by atoms with E-state index in [1.807, 2.05) is 18.2 Å². The van der Waals surface area contributed by atoms with E-state index in [0.29, 0.717) is 23.5 Å². The summed E-state index contributed by atoms with van der Waals surface area (Å²) >= 11 is 0. The Bertz CT molecular complexity index is 619. The summed E-state index contributed by atoms with van der Waals surface area (Å²) in [7, 11) is 0. The smallest absolute Gasteiger partial charge is 0.270 e. The Balaban J connectivity index is 2.24. The number of carbonyl (C=O) groups is 2. The van der Waals surface area contributed by atoms with Crippen molar-refractivity contribution in [2.45, 2.75) is 64.8 Å². The Morgan fingerprint density at radius 3 is 2.56 bits per heavy atom. The van der Waals surface area contributed by atoms with Crippen LogP contribution in [0, 0.1) is 0 Å². The number of hydrogen-bond acceptors (Lipinski definition) is 3. The quantitative estimate of drug-likeness (QED) is 0.585. The number of aliphatic imine (C=N–C) groups is 1. The van der Waals surface area contributed by atoms with Gasteiger partial charge in [0, 0.05) is 25.1 Å². The van der Waals surface area contributed by atoms with Crippen LogP contribution in [-0.2, 0) is 9.59 Å². The lowest BCUT2D eigenvalue weighted by Crippen LogP contribution is -2.41. The van der Waals surface area contributed by atoms with Crippen molar-refractivity contribution >= 4 is 23.2 Å². The predicted octanol–water partition coefficient (Wildman–Crippen LogP) is 3.68. The number of para-hydroxylation sites is 1. The lowest BCUT2D eigenvalue weighted by atomic mass is 9.95. The van der Waals surface area contributed by atoms with Crippen molar-refractivity contribution < 1.29 is 9.59 Å². The van der Waals surface area contributed by atoms with E-state index in [9.17, 15) is 9.59 Å². The lowest BCUT2D eigenvalue weighted by Gasteiger charge is -2.23. The van der Waals surface area contributed by atoms with Gasteiger partial charge in [0.05, 0.1) is 5.69 Å². The largest absolute Gasteiger partial charge is 0.348 e. The van der Waals surface area contributed by atoms with Crippen molar-refractivity contribution in [2.24, 2.45) is 4.99 Å². The van der Waals surface area contributed by atoms with Crippen LogP contribution in [-0.4, -0.2) is 30.1 Å². The number of nitrogens with zero attached hydrogens (tertiary/aromatic N) is 1. The fourth-order valence-electron chi connectivity index (χ4n) is 3.12. The number of benzene rings is 1. The Morgan fingerprint density at radius 2 is 1.88 bits per heavy atom. The van der Waals surface area contributed by atoms with Crippen molar-refractivity contribution in [1.29, 1.82) is 0 Å². The Labute approximate surface area is 150 Å². The summed E-state index contributed by atoms with van der Waals surface area (Å²) in [5.41, 5.74) is 1.73. The Morgan fingerprint density at radius 1 is 1.16 bits per heavy atom. The number of rotatable bonds is 7. The second-order valence-corrected chi connectivity index (χ2v) is 6.62. The van der Waals surface area contributed by atoms with Crippen LogP contribution in [0.15, 0.2) is 29.3 Å². The second-order valence-electron chi connectivity index (χ2n) is 6.62. The maximum atomic E-state index is 12.9. The van der Waals surface area contributed by atoms with Crippen LogP contribution in [0.3, 0.4) is 0 Å². The van der Waals surface area contributed by atoms with Gasteiger partial charge >= 0.3 is 0 Å². The molecule has 2 N–H and O–H groups in total. The van der Waals surface area contributed by atoms with E-state index in [1.54, 1.807) is 6.07 Å². The molecule has 0 aromatic heterocycles. The summed E-state index contributed by atoms with van der Waals surface area (Å²) in [5, 5.41) is 5.95. The van der Waals surface area contributed by atoms with Crippen molar-refractivity contribution in [2.75, 3.05) is 11.9 Å². The van der Waals surface area contributed by atoms with Crippen molar-refractivity contribution in [3.8, 4) is 0 Å². The molecule has 0 saturated heterocycles. The van der Waals surface area contributed by atoms with Crippen molar-refractivity contribution in [3.63, 3.8) is 0 Å². The van der Waals surface area contributed by atoms with Gasteiger partial charge in [0.2, 0.25) is 5.91 Å². The fourth-order valence-corrected chi connectivity index (χ4v) is 3.12. The van der Waals surface area contributed by atoms with Gasteiger partial charge in [0.1, 0.15) is 5.71 Å². The summed E-state index contributed by atoms with van der Waals surface area (Å²) in [5.74, 6) is -0.297. The Kier molecular flexibility index (Phi) is 7.64. The molecule has 0 atom stereocenters. The summed E-state index contributed by atoms with van der Waals surface area (Å²) in [6.07, 6.45) is 7.58. The van der Waals surface area contributed by atoms with E-state index in [1.165, 1.54) is 13.3 Å². The van der Waals surface area contributed by atoms with Gasteiger partial charge in [-0.15, -0.1) is 0 Å². The molecular formula is C20H29N3O2. The first-order chi connectivity index (χ1) is 12.1. The van der Waals surface area contributed by atoms with Crippen LogP contribution in [0.5, 0.6) is 0 Å². The van der Waals surface area contributed by atoms with Gasteiger partial charge in [-0.25, -0.2) is 0 Å². The number of carbonyl (C=O) groups excluding carboxylic acids is 2. The first kappa shape index (κ1) is 19.2. The van der Waals surface area contributed by atoms with Gasteiger partial charge in [-0.2, -0.15) is 0 Å². The zero-order valence-corrected chi connectivity index (χ0v) is 15.3. The normalized spacial score (nSPS) is 15.7. The number of unbranched alkanes of at least 4 members (excludes halogenated alkanes) is 1. The maximum absolute atomic E-state index is 12.9. The minimum Gasteiger partial charge on any atom is -0.348 e. The predicted molar refractivity (Wildman–Crippen MR) is 102 cm³/mol. The highest BCUT2D eigenvalue weighted by molar-refractivity contribution is 6.46. The van der Waals surface area contributed by atoms with Crippen LogP contribution < -0.4 is 10.6 Å². The average Bonchev–Trinajstić information content (AvgIpc) is 2.60. The molecule has 1 aliphatic rings. The highest BCUT2D eigenvalue weighted by Crippen LogP contribution is 2.20. The average molecular weight is 343 g/mol. The van der Waals surface area contributed by atoms with Gasteiger partial charge < -0.3 is 10.6 Å². The number of hydrogen-bond donors (Lipinski definition) is 2. The van der Waals surface area contributed by atoms with Gasteiger partial charge in [0.15, 0.2) is 0 Å². The van der Waals surface area contributed by atoms with Crippen molar-refractivity contribution in [1.82, 2.24) is 5.32 Å². The van der Waals surface area contributed by atoms with Crippen LogP contribution in [0.2, 0.25) is 0 Å². The van der Waals surface area contributed by atoms with E-state index in [-0.39, 0.29) is 17.9 Å². The maximum Gasteiger partial charge on any atom is 0.270 e. The second kappa shape index (κ2) is 9.97. The first-order valence-corrected chi connectivity index (χ1v) is 9.34. The van der Waals surface area contributed by atoms with E-state index in [0.717, 1.165) is 38.5 Å². The highest BCUT2D eigenvalue weighted by Gasteiger charge is 2.22. The molecule has 1 saturated carbocycles. The van der Waals surface area contributed by atoms with Crippen LogP contribution in [0.1, 0.15) is 64.4 Å². The molecule has 2 amide bonds. The first-order valence-electron chi connectivity index (χ1n) is 9.34. The number of amides is 2. The molecule has 0 unspecified atom stereocenters. The topological polar surface area (TPSA) is 70.6 Å². The molecule has 0 heterocycles. The molecule has 0 bridgehead atoms. The van der Waals surface area contributed by atoms with Crippen LogP contribution in [0.4, 0.5) is 5.69 Å². The standard InChI is InChI=1S/C20H29N3O2/c1-3-4-14-21-19(20(25)23-16-10-6-5-7-11-16)17-12-8-9-13-18(17)22-15(2)24/h8-9,12-13,16H,3-7,10-11,14H2,1-2H3,(H,22,24)(H,23,25). The Hall–Kier alpha value is -2.17. The third kappa shape index (κ3) is 6.00. The molecule has 0 radical (unpaired) electrons. The molecule has 2 rings (SSSR count). The lowest BCUT2D eigenvalue weighted by molar-refractivity contribution is -0.116. The third-order valence-corrected chi connectivity index (χ3v) is 4.43. The minimum absolute atomic E-state index is 0.138. The summed E-state index contributed by atoms with van der Waals surface area (Å²) in [4.78, 5) is 28.9. The van der Waals surface area contributed by atoms with Crippen molar-refractivity contribution in [3.05, 3.63) is 29.8 Å². The molecule has 1 fully saturated rings. The van der Waals surface area contributed by atoms with Gasteiger partial charge in [-0.3, -0.25) is 14.6 Å². The number of nitrogens with one attached hydrogen (secondary N) is 2. The highest BCUT2D eigenvalue weighted by atomic mass is 16.2. The van der Waals surface area contributed by atoms with Crippen LogP contribution in [0.25, 0.3) is 0 Å². The van der Waals surface area contributed by atoms with Gasteiger partial charge in [-0.1, -0.05) is 50.8 Å². The fraction of sp³-hybridized carbons (Fsp3) is 0.550.